The maximum absolute atomic E-state index is 9.36. The van der Waals surface area contributed by atoms with Crippen LogP contribution in [-0.2, 0) is 6.42 Å². The third-order valence-electron chi connectivity index (χ3n) is 3.47. The van der Waals surface area contributed by atoms with E-state index in [0.29, 0.717) is 0 Å². The fourth-order valence-corrected chi connectivity index (χ4v) is 2.92. The van der Waals surface area contributed by atoms with E-state index in [4.69, 9.17) is 0 Å². The van der Waals surface area contributed by atoms with Crippen molar-refractivity contribution in [2.75, 3.05) is 26.7 Å². The van der Waals surface area contributed by atoms with Crippen molar-refractivity contribution in [3.8, 4) is 6.07 Å². The molecule has 0 spiro atoms. The molecule has 0 unspecified atom stereocenters. The fourth-order valence-electron chi connectivity index (χ4n) is 2.21. The minimum Gasteiger partial charge on any atom is -0.306 e. The molecule has 1 fully saturated rings. The maximum Gasteiger partial charge on any atom is 0.109 e. The zero-order valence-corrected chi connectivity index (χ0v) is 11.1. The van der Waals surface area contributed by atoms with Crippen molar-refractivity contribution in [2.45, 2.75) is 24.8 Å². The molecular formula is C13H19N3S. The molecule has 3 nitrogen and oxygen atoms in total. The molecule has 4 heteroatoms. The van der Waals surface area contributed by atoms with Gasteiger partial charge in [0.1, 0.15) is 5.54 Å². The molecule has 0 saturated carbocycles. The van der Waals surface area contributed by atoms with Crippen molar-refractivity contribution in [1.29, 1.82) is 5.26 Å². The monoisotopic (exact) mass is 249 g/mol. The molecule has 0 aliphatic carbocycles. The van der Waals surface area contributed by atoms with Gasteiger partial charge in [0.15, 0.2) is 0 Å². The second-order valence-electron chi connectivity index (χ2n) is 4.75. The van der Waals surface area contributed by atoms with Crippen LogP contribution in [0.1, 0.15) is 17.7 Å². The average Bonchev–Trinajstić information content (AvgIpc) is 2.85. The first kappa shape index (κ1) is 12.6. The van der Waals surface area contributed by atoms with Crippen LogP contribution in [0, 0.1) is 11.3 Å². The third kappa shape index (κ3) is 3.29. The lowest BCUT2D eigenvalue weighted by atomic mass is 9.89. The predicted molar refractivity (Wildman–Crippen MR) is 71.1 cm³/mol. The largest absolute Gasteiger partial charge is 0.306 e. The number of nitrogens with one attached hydrogen (secondary N) is 1. The van der Waals surface area contributed by atoms with Crippen LogP contribution in [0.2, 0.25) is 0 Å². The Kier molecular flexibility index (Phi) is 4.16. The molecule has 1 saturated heterocycles. The second-order valence-corrected chi connectivity index (χ2v) is 5.79. The number of hydrogen-bond acceptors (Lipinski definition) is 4. The average molecular weight is 249 g/mol. The molecule has 0 bridgehead atoms. The Labute approximate surface area is 107 Å². The van der Waals surface area contributed by atoms with E-state index in [1.54, 1.807) is 11.3 Å². The molecule has 0 atom stereocenters. The molecule has 1 aromatic rings. The maximum atomic E-state index is 9.36. The highest BCUT2D eigenvalue weighted by atomic mass is 32.1. The summed E-state index contributed by atoms with van der Waals surface area (Å²) < 4.78 is 0. The van der Waals surface area contributed by atoms with E-state index in [1.807, 2.05) is 0 Å². The quantitative estimate of drug-likeness (QED) is 0.885. The number of rotatable bonds is 4. The SMILES string of the molecule is CN1CCC(C#N)(NCCc2cccs2)CC1. The van der Waals surface area contributed by atoms with Gasteiger partial charge in [-0.1, -0.05) is 6.07 Å². The summed E-state index contributed by atoms with van der Waals surface area (Å²) in [5, 5.41) is 14.9. The minimum atomic E-state index is -0.288. The molecule has 1 aliphatic rings. The molecule has 0 amide bonds. The van der Waals surface area contributed by atoms with E-state index in [-0.39, 0.29) is 5.54 Å². The first-order valence-corrected chi connectivity index (χ1v) is 6.99. The highest BCUT2D eigenvalue weighted by molar-refractivity contribution is 7.09. The zero-order chi connectivity index (χ0) is 12.1. The van der Waals surface area contributed by atoms with Crippen LogP contribution in [0.3, 0.4) is 0 Å². The first-order valence-electron chi connectivity index (χ1n) is 6.11. The molecular weight excluding hydrogens is 230 g/mol. The van der Waals surface area contributed by atoms with Crippen molar-refractivity contribution in [3.05, 3.63) is 22.4 Å². The highest BCUT2D eigenvalue weighted by Crippen LogP contribution is 2.20. The van der Waals surface area contributed by atoms with Gasteiger partial charge in [-0.25, -0.2) is 0 Å². The van der Waals surface area contributed by atoms with Gasteiger partial charge in [-0.3, -0.25) is 5.32 Å². The van der Waals surface area contributed by atoms with Crippen LogP contribution in [0.15, 0.2) is 17.5 Å². The van der Waals surface area contributed by atoms with Crippen molar-refractivity contribution in [2.24, 2.45) is 0 Å². The van der Waals surface area contributed by atoms with Gasteiger partial charge in [0, 0.05) is 24.5 Å². The number of likely N-dealkylation sites (tertiary alicyclic amines) is 1. The predicted octanol–water partition coefficient (Wildman–Crippen LogP) is 1.87. The zero-order valence-electron chi connectivity index (χ0n) is 10.3. The van der Waals surface area contributed by atoms with Crippen LogP contribution in [0.4, 0.5) is 0 Å². The van der Waals surface area contributed by atoms with Gasteiger partial charge >= 0.3 is 0 Å². The minimum absolute atomic E-state index is 0.288. The summed E-state index contributed by atoms with van der Waals surface area (Å²) in [6.45, 7) is 2.93. The molecule has 0 aromatic carbocycles. The van der Waals surface area contributed by atoms with Crippen LogP contribution >= 0.6 is 11.3 Å². The summed E-state index contributed by atoms with van der Waals surface area (Å²) in [4.78, 5) is 3.68. The standard InChI is InChI=1S/C13H19N3S/c1-16-8-5-13(11-14,6-9-16)15-7-4-12-3-2-10-17-12/h2-3,10,15H,4-9H2,1H3. The Balaban J connectivity index is 1.82. The Hall–Kier alpha value is -0.890. The number of piperidine rings is 1. The Morgan fingerprint density at radius 2 is 2.29 bits per heavy atom. The number of thiophene rings is 1. The van der Waals surface area contributed by atoms with Crippen LogP contribution in [0.5, 0.6) is 0 Å². The van der Waals surface area contributed by atoms with E-state index in [2.05, 4.69) is 40.8 Å². The lowest BCUT2D eigenvalue weighted by Gasteiger charge is -2.36. The summed E-state index contributed by atoms with van der Waals surface area (Å²) in [6, 6.07) is 6.72. The Morgan fingerprint density at radius 1 is 1.53 bits per heavy atom. The van der Waals surface area contributed by atoms with Crippen molar-refractivity contribution in [1.82, 2.24) is 10.2 Å². The van der Waals surface area contributed by atoms with E-state index in [0.717, 1.165) is 38.9 Å². The Bertz CT molecular complexity index is 372. The molecule has 17 heavy (non-hydrogen) atoms. The van der Waals surface area contributed by atoms with Crippen molar-refractivity contribution in [3.63, 3.8) is 0 Å². The van der Waals surface area contributed by atoms with Gasteiger partial charge in [-0.05, 0) is 37.8 Å². The Morgan fingerprint density at radius 3 is 2.88 bits per heavy atom. The number of nitrogens with zero attached hydrogens (tertiary/aromatic N) is 2. The van der Waals surface area contributed by atoms with Crippen LogP contribution in [-0.4, -0.2) is 37.1 Å². The molecule has 1 aliphatic heterocycles. The topological polar surface area (TPSA) is 39.1 Å². The van der Waals surface area contributed by atoms with Gasteiger partial charge in [0.05, 0.1) is 6.07 Å². The van der Waals surface area contributed by atoms with Crippen molar-refractivity contribution >= 4 is 11.3 Å². The summed E-state index contributed by atoms with van der Waals surface area (Å²) in [7, 11) is 2.12. The van der Waals surface area contributed by atoms with Crippen LogP contribution < -0.4 is 5.32 Å². The van der Waals surface area contributed by atoms with E-state index < -0.39 is 0 Å². The normalized spacial score (nSPS) is 20.0. The molecule has 0 radical (unpaired) electrons. The highest BCUT2D eigenvalue weighted by Gasteiger charge is 2.32. The lowest BCUT2D eigenvalue weighted by molar-refractivity contribution is 0.196. The van der Waals surface area contributed by atoms with E-state index in [9.17, 15) is 5.26 Å². The third-order valence-corrected chi connectivity index (χ3v) is 4.41. The summed E-state index contributed by atoms with van der Waals surface area (Å²) >= 11 is 1.79. The first-order chi connectivity index (χ1) is 8.24. The van der Waals surface area contributed by atoms with E-state index >= 15 is 0 Å². The van der Waals surface area contributed by atoms with Gasteiger partial charge in [-0.2, -0.15) is 5.26 Å². The summed E-state index contributed by atoms with van der Waals surface area (Å²) in [5.74, 6) is 0. The van der Waals surface area contributed by atoms with Crippen LogP contribution in [0.25, 0.3) is 0 Å². The molecule has 2 heterocycles. The molecule has 1 N–H and O–H groups in total. The number of nitriles is 1. The lowest BCUT2D eigenvalue weighted by Crippen LogP contribution is -2.52. The van der Waals surface area contributed by atoms with E-state index in [1.165, 1.54) is 4.88 Å². The smallest absolute Gasteiger partial charge is 0.109 e. The molecule has 2 rings (SSSR count). The number of hydrogen-bond donors (Lipinski definition) is 1. The van der Waals surface area contributed by atoms with Gasteiger partial charge in [-0.15, -0.1) is 11.3 Å². The fraction of sp³-hybridized carbons (Fsp3) is 0.615. The molecule has 1 aromatic heterocycles. The van der Waals surface area contributed by atoms with Gasteiger partial charge in [0.2, 0.25) is 0 Å². The van der Waals surface area contributed by atoms with Gasteiger partial charge in [0.25, 0.3) is 0 Å². The summed E-state index contributed by atoms with van der Waals surface area (Å²) in [6.07, 6.45) is 2.89. The van der Waals surface area contributed by atoms with Crippen molar-refractivity contribution < 1.29 is 0 Å². The molecule has 92 valence electrons. The van der Waals surface area contributed by atoms with Gasteiger partial charge < -0.3 is 4.90 Å². The second kappa shape index (κ2) is 5.63. The summed E-state index contributed by atoms with van der Waals surface area (Å²) in [5.41, 5.74) is -0.288.